The minimum atomic E-state index is -0.0208. The fourth-order valence-corrected chi connectivity index (χ4v) is 0. The molecule has 0 radical (unpaired) electrons. The summed E-state index contributed by atoms with van der Waals surface area (Å²) in [5.74, 6) is 0. The largest absolute Gasteiger partial charge is 0.412 e. The van der Waals surface area contributed by atoms with Gasteiger partial charge in [-0.2, -0.15) is 0 Å². The van der Waals surface area contributed by atoms with Gasteiger partial charge in [-0.25, -0.2) is 0 Å². The van der Waals surface area contributed by atoms with Crippen LogP contribution < -0.4 is 0 Å². The first-order valence-electron chi connectivity index (χ1n) is 0.893. The van der Waals surface area contributed by atoms with Crippen LogP contribution in [0.3, 0.4) is 0 Å². The molecule has 0 aromatic carbocycles. The lowest BCUT2D eigenvalue weighted by Crippen LogP contribution is -1.60. The van der Waals surface area contributed by atoms with Gasteiger partial charge in [0.15, 0.2) is 4.69 Å². The highest BCUT2D eigenvalue weighted by Gasteiger charge is 1.66. The van der Waals surface area contributed by atoms with E-state index in [0.717, 1.165) is 0 Å². The minimum Gasteiger partial charge on any atom is -0.412 e. The summed E-state index contributed by atoms with van der Waals surface area (Å²) in [6, 6.07) is 0. The van der Waals surface area contributed by atoms with Crippen molar-refractivity contribution in [3.63, 3.8) is 0 Å². The van der Waals surface area contributed by atoms with Gasteiger partial charge >= 0.3 is 0 Å². The monoisotopic (exact) mass is 140 g/mol. The summed E-state index contributed by atoms with van der Waals surface area (Å²) < 4.78 is -0.0208. The van der Waals surface area contributed by atoms with Crippen molar-refractivity contribution in [2.24, 2.45) is 0 Å². The number of rotatable bonds is 0. The molecule has 0 atom stereocenters. The van der Waals surface area contributed by atoms with Crippen LogP contribution in [-0.4, -0.2) is 10.2 Å². The highest BCUT2D eigenvalue weighted by Crippen LogP contribution is 1.74. The zero-order valence-electron chi connectivity index (χ0n) is 2.79. The van der Waals surface area contributed by atoms with Gasteiger partial charge in [-0.3, -0.25) is 4.79 Å². The van der Waals surface area contributed by atoms with E-state index >= 15 is 0 Å². The van der Waals surface area contributed by atoms with Crippen molar-refractivity contribution >= 4 is 20.6 Å². The van der Waals surface area contributed by atoms with E-state index < -0.39 is 0 Å². The van der Waals surface area contributed by atoms with E-state index in [9.17, 15) is 4.79 Å². The van der Waals surface area contributed by atoms with Crippen LogP contribution in [0.2, 0.25) is 0 Å². The molecule has 0 rings (SSSR count). The molecule has 0 aliphatic carbocycles. The van der Waals surface area contributed by atoms with E-state index in [1.807, 2.05) is 0 Å². The standard InChI is InChI=1S/C2H3BrO.H2O/c1-2(3)4;/h1H3;1H2. The molecule has 0 saturated carbocycles. The van der Waals surface area contributed by atoms with E-state index in [4.69, 9.17) is 0 Å². The first-order chi connectivity index (χ1) is 1.73. The third kappa shape index (κ3) is 1510. The average Bonchev–Trinajstić information content (AvgIpc) is 0.811. The van der Waals surface area contributed by atoms with Crippen LogP contribution in [0.5, 0.6) is 0 Å². The summed E-state index contributed by atoms with van der Waals surface area (Å²) in [7, 11) is 0. The molecule has 3 heteroatoms. The summed E-state index contributed by atoms with van der Waals surface area (Å²) in [5, 5.41) is 0. The second-order valence-corrected chi connectivity index (χ2v) is 1.59. The first-order valence-corrected chi connectivity index (χ1v) is 1.69. The summed E-state index contributed by atoms with van der Waals surface area (Å²) in [6.07, 6.45) is 0. The molecule has 0 aliphatic heterocycles. The van der Waals surface area contributed by atoms with Crippen LogP contribution in [0.1, 0.15) is 6.92 Å². The van der Waals surface area contributed by atoms with Crippen molar-refractivity contribution in [1.29, 1.82) is 0 Å². The Morgan fingerprint density at radius 1 is 1.80 bits per heavy atom. The molecule has 5 heavy (non-hydrogen) atoms. The van der Waals surface area contributed by atoms with E-state index in [2.05, 4.69) is 15.9 Å². The summed E-state index contributed by atoms with van der Waals surface area (Å²) >= 11 is 2.63. The van der Waals surface area contributed by atoms with Gasteiger partial charge in [0.05, 0.1) is 0 Å². The van der Waals surface area contributed by atoms with Crippen LogP contribution in [0.4, 0.5) is 0 Å². The van der Waals surface area contributed by atoms with E-state index in [1.54, 1.807) is 0 Å². The third-order valence-corrected chi connectivity index (χ3v) is 0. The van der Waals surface area contributed by atoms with Crippen LogP contribution >= 0.6 is 15.9 Å². The highest BCUT2D eigenvalue weighted by molar-refractivity contribution is 9.18. The molecule has 2 nitrogen and oxygen atoms in total. The van der Waals surface area contributed by atoms with Crippen molar-refractivity contribution in [3.05, 3.63) is 0 Å². The molecule has 0 amide bonds. The topological polar surface area (TPSA) is 48.6 Å². The average molecular weight is 141 g/mol. The fraction of sp³-hybridized carbons (Fsp3) is 0.500. The summed E-state index contributed by atoms with van der Waals surface area (Å²) in [5.41, 5.74) is 0. The molecule has 0 fully saturated rings. The molecule has 0 bridgehead atoms. The lowest BCUT2D eigenvalue weighted by molar-refractivity contribution is -0.108. The lowest BCUT2D eigenvalue weighted by atomic mass is 11.0. The molecule has 0 spiro atoms. The quantitative estimate of drug-likeness (QED) is 0.441. The van der Waals surface area contributed by atoms with Crippen molar-refractivity contribution < 1.29 is 10.3 Å². The van der Waals surface area contributed by atoms with Crippen molar-refractivity contribution in [1.82, 2.24) is 0 Å². The van der Waals surface area contributed by atoms with Crippen molar-refractivity contribution in [3.8, 4) is 0 Å². The fourth-order valence-electron chi connectivity index (χ4n) is 0. The zero-order chi connectivity index (χ0) is 3.58. The Balaban J connectivity index is 0. The molecule has 0 saturated heterocycles. The zero-order valence-corrected chi connectivity index (χ0v) is 4.37. The van der Waals surface area contributed by atoms with Crippen molar-refractivity contribution in [2.45, 2.75) is 6.92 Å². The molecule has 2 N–H and O–H groups in total. The lowest BCUT2D eigenvalue weighted by Gasteiger charge is -1.52. The number of hydrogen-bond donors (Lipinski definition) is 0. The van der Waals surface area contributed by atoms with Gasteiger partial charge in [0.2, 0.25) is 0 Å². The Morgan fingerprint density at radius 3 is 1.80 bits per heavy atom. The summed E-state index contributed by atoms with van der Waals surface area (Å²) in [6.45, 7) is 1.44. The molecular weight excluding hydrogens is 136 g/mol. The number of halogens is 1. The number of carbonyl (C=O) groups is 1. The maximum absolute atomic E-state index is 9.36. The predicted octanol–water partition coefficient (Wildman–Crippen LogP) is 0.103. The van der Waals surface area contributed by atoms with Gasteiger partial charge < -0.3 is 5.48 Å². The van der Waals surface area contributed by atoms with Gasteiger partial charge in [0.25, 0.3) is 0 Å². The number of carbonyl (C=O) groups excluding carboxylic acids is 1. The van der Waals surface area contributed by atoms with E-state index in [0.29, 0.717) is 0 Å². The van der Waals surface area contributed by atoms with E-state index in [-0.39, 0.29) is 10.2 Å². The smallest absolute Gasteiger partial charge is 0.194 e. The molecule has 0 unspecified atom stereocenters. The van der Waals surface area contributed by atoms with Gasteiger partial charge in [-0.05, 0) is 15.9 Å². The predicted molar refractivity (Wildman–Crippen MR) is 23.2 cm³/mol. The molecule has 0 aromatic heterocycles. The maximum Gasteiger partial charge on any atom is 0.194 e. The second-order valence-electron chi connectivity index (χ2n) is 0.470. The van der Waals surface area contributed by atoms with Gasteiger partial charge in [0.1, 0.15) is 0 Å². The van der Waals surface area contributed by atoms with Gasteiger partial charge in [-0.1, -0.05) is 0 Å². The Labute approximate surface area is 38.6 Å². The van der Waals surface area contributed by atoms with Gasteiger partial charge in [-0.15, -0.1) is 0 Å². The molecular formula is C2H5BrO2. The number of hydrogen-bond acceptors (Lipinski definition) is 1. The van der Waals surface area contributed by atoms with Crippen molar-refractivity contribution in [2.75, 3.05) is 0 Å². The third-order valence-electron chi connectivity index (χ3n) is 0. The van der Waals surface area contributed by atoms with Gasteiger partial charge in [0, 0.05) is 6.92 Å². The Bertz CT molecular complexity index is 30.6. The minimum absolute atomic E-state index is 0. The maximum atomic E-state index is 9.36. The molecule has 0 aromatic rings. The van der Waals surface area contributed by atoms with Crippen LogP contribution in [0.25, 0.3) is 0 Å². The normalized spacial score (nSPS) is 5.20. The molecule has 0 aliphatic rings. The van der Waals surface area contributed by atoms with Crippen LogP contribution in [-0.2, 0) is 4.79 Å². The summed E-state index contributed by atoms with van der Waals surface area (Å²) in [4.78, 5) is 9.36. The molecule has 32 valence electrons. The Hall–Kier alpha value is 0.110. The Kier molecular flexibility index (Phi) is 7.34. The molecule has 0 heterocycles. The first kappa shape index (κ1) is 8.92. The van der Waals surface area contributed by atoms with E-state index in [1.165, 1.54) is 6.92 Å². The van der Waals surface area contributed by atoms with Crippen LogP contribution in [0.15, 0.2) is 0 Å². The van der Waals surface area contributed by atoms with Crippen LogP contribution in [0, 0.1) is 0 Å². The SMILES string of the molecule is CC(=O)Br.O. The highest BCUT2D eigenvalue weighted by atomic mass is 79.9. The second kappa shape index (κ2) is 4.11. The Morgan fingerprint density at radius 2 is 1.80 bits per heavy atom.